The molecule has 1 N–H and O–H groups in total. The average molecular weight is 360 g/mol. The smallest absolute Gasteiger partial charge is 0.250 e. The molecule has 25 heavy (non-hydrogen) atoms. The molecule has 0 saturated heterocycles. The van der Waals surface area contributed by atoms with Gasteiger partial charge in [0.2, 0.25) is 11.8 Å². The van der Waals surface area contributed by atoms with E-state index in [1.54, 1.807) is 30.3 Å². The van der Waals surface area contributed by atoms with E-state index in [2.05, 4.69) is 15.5 Å². The molecule has 1 aromatic heterocycles. The predicted octanol–water partition coefficient (Wildman–Crippen LogP) is 3.78. The van der Waals surface area contributed by atoms with Crippen LogP contribution in [0, 0.1) is 5.82 Å². The average Bonchev–Trinajstić information content (AvgIpc) is 3.08. The molecular formula is C18H15ClFN3O2. The van der Waals surface area contributed by atoms with E-state index >= 15 is 0 Å². The first-order valence-corrected chi connectivity index (χ1v) is 8.08. The standard InChI is InChI=1S/C18H15ClFN3O2/c19-13-7-5-12(6-8-13)11-21-16(24)9-10-17-22-23-18(25-17)14-3-1-2-4-15(14)20/h1-8H,9-11H2,(H,21,24). The molecule has 0 aliphatic rings. The highest BCUT2D eigenvalue weighted by Crippen LogP contribution is 2.21. The van der Waals surface area contributed by atoms with Crippen molar-refractivity contribution >= 4 is 17.5 Å². The van der Waals surface area contributed by atoms with Crippen molar-refractivity contribution < 1.29 is 13.6 Å². The van der Waals surface area contributed by atoms with Crippen molar-refractivity contribution in [1.82, 2.24) is 15.5 Å². The van der Waals surface area contributed by atoms with Gasteiger partial charge in [-0.15, -0.1) is 10.2 Å². The van der Waals surface area contributed by atoms with Gasteiger partial charge in [0.1, 0.15) is 5.82 Å². The number of carbonyl (C=O) groups excluding carboxylic acids is 1. The minimum Gasteiger partial charge on any atom is -0.421 e. The zero-order chi connectivity index (χ0) is 17.6. The Bertz CT molecular complexity index is 865. The summed E-state index contributed by atoms with van der Waals surface area (Å²) in [5, 5.41) is 11.1. The van der Waals surface area contributed by atoms with E-state index in [1.807, 2.05) is 12.1 Å². The number of nitrogens with one attached hydrogen (secondary N) is 1. The Kier molecular flexibility index (Phi) is 5.40. The highest BCUT2D eigenvalue weighted by atomic mass is 35.5. The van der Waals surface area contributed by atoms with Crippen molar-refractivity contribution in [2.75, 3.05) is 0 Å². The van der Waals surface area contributed by atoms with Crippen LogP contribution in [0.1, 0.15) is 17.9 Å². The molecule has 0 saturated carbocycles. The van der Waals surface area contributed by atoms with Gasteiger partial charge in [-0.1, -0.05) is 35.9 Å². The molecule has 0 unspecified atom stereocenters. The Hall–Kier alpha value is -2.73. The summed E-state index contributed by atoms with van der Waals surface area (Å²) in [5.74, 6) is -0.173. The van der Waals surface area contributed by atoms with Gasteiger partial charge >= 0.3 is 0 Å². The Morgan fingerprint density at radius 1 is 1.12 bits per heavy atom. The molecule has 0 spiro atoms. The van der Waals surface area contributed by atoms with E-state index in [0.717, 1.165) is 5.56 Å². The van der Waals surface area contributed by atoms with Gasteiger partial charge in [-0.25, -0.2) is 4.39 Å². The SMILES string of the molecule is O=C(CCc1nnc(-c2ccccc2F)o1)NCc1ccc(Cl)cc1. The summed E-state index contributed by atoms with van der Waals surface area (Å²) in [5.41, 5.74) is 1.20. The van der Waals surface area contributed by atoms with E-state index < -0.39 is 5.82 Å². The molecule has 3 aromatic rings. The largest absolute Gasteiger partial charge is 0.421 e. The van der Waals surface area contributed by atoms with E-state index in [0.29, 0.717) is 17.5 Å². The molecule has 5 nitrogen and oxygen atoms in total. The van der Waals surface area contributed by atoms with Crippen molar-refractivity contribution in [3.05, 3.63) is 70.8 Å². The van der Waals surface area contributed by atoms with Crippen molar-refractivity contribution in [3.8, 4) is 11.5 Å². The zero-order valence-electron chi connectivity index (χ0n) is 13.2. The van der Waals surface area contributed by atoms with Crippen molar-refractivity contribution in [2.45, 2.75) is 19.4 Å². The number of hydrogen-bond acceptors (Lipinski definition) is 4. The van der Waals surface area contributed by atoms with Gasteiger partial charge in [-0.05, 0) is 29.8 Å². The van der Waals surface area contributed by atoms with Crippen LogP contribution in [-0.2, 0) is 17.8 Å². The highest BCUT2D eigenvalue weighted by Gasteiger charge is 2.13. The zero-order valence-corrected chi connectivity index (χ0v) is 14.0. The predicted molar refractivity (Wildman–Crippen MR) is 91.3 cm³/mol. The van der Waals surface area contributed by atoms with E-state index in [4.69, 9.17) is 16.0 Å². The molecule has 0 aliphatic heterocycles. The Morgan fingerprint density at radius 2 is 1.88 bits per heavy atom. The molecule has 0 atom stereocenters. The number of benzene rings is 2. The molecule has 0 aliphatic carbocycles. The minimum absolute atomic E-state index is 0.106. The van der Waals surface area contributed by atoms with Crippen LogP contribution >= 0.6 is 11.6 Å². The summed E-state index contributed by atoms with van der Waals surface area (Å²) in [4.78, 5) is 11.9. The minimum atomic E-state index is -0.432. The summed E-state index contributed by atoms with van der Waals surface area (Å²) in [6.07, 6.45) is 0.487. The highest BCUT2D eigenvalue weighted by molar-refractivity contribution is 6.30. The van der Waals surface area contributed by atoms with Gasteiger partial charge < -0.3 is 9.73 Å². The molecule has 1 heterocycles. The second kappa shape index (κ2) is 7.90. The van der Waals surface area contributed by atoms with Crippen LogP contribution in [0.25, 0.3) is 11.5 Å². The normalized spacial score (nSPS) is 10.6. The van der Waals surface area contributed by atoms with E-state index in [1.165, 1.54) is 6.07 Å². The first-order valence-electron chi connectivity index (χ1n) is 7.70. The van der Waals surface area contributed by atoms with Gasteiger partial charge in [0.05, 0.1) is 5.56 Å². The second-order valence-corrected chi connectivity index (χ2v) is 5.82. The molecule has 3 rings (SSSR count). The molecule has 1 amide bonds. The number of nitrogens with zero attached hydrogens (tertiary/aromatic N) is 2. The maximum absolute atomic E-state index is 13.7. The Labute approximate surface area is 148 Å². The number of amides is 1. The van der Waals surface area contributed by atoms with Gasteiger partial charge in [-0.3, -0.25) is 4.79 Å². The molecule has 0 radical (unpaired) electrons. The van der Waals surface area contributed by atoms with Crippen LogP contribution in [-0.4, -0.2) is 16.1 Å². The second-order valence-electron chi connectivity index (χ2n) is 5.38. The summed E-state index contributed by atoms with van der Waals surface area (Å²) in [7, 11) is 0. The third-order valence-electron chi connectivity index (χ3n) is 3.54. The summed E-state index contributed by atoms with van der Waals surface area (Å²) >= 11 is 5.81. The fourth-order valence-electron chi connectivity index (χ4n) is 2.21. The number of carbonyl (C=O) groups is 1. The lowest BCUT2D eigenvalue weighted by Gasteiger charge is -2.04. The molecule has 128 valence electrons. The molecular weight excluding hydrogens is 345 g/mol. The first kappa shape index (κ1) is 17.1. The molecule has 0 fully saturated rings. The first-order chi connectivity index (χ1) is 12.1. The maximum atomic E-state index is 13.7. The van der Waals surface area contributed by atoms with Crippen LogP contribution in [0.2, 0.25) is 5.02 Å². The number of halogens is 2. The fraction of sp³-hybridized carbons (Fsp3) is 0.167. The van der Waals surface area contributed by atoms with Gasteiger partial charge in [0.25, 0.3) is 5.89 Å². The van der Waals surface area contributed by atoms with Crippen molar-refractivity contribution in [3.63, 3.8) is 0 Å². The third kappa shape index (κ3) is 4.64. The van der Waals surface area contributed by atoms with E-state index in [-0.39, 0.29) is 30.2 Å². The summed E-state index contributed by atoms with van der Waals surface area (Å²) in [6.45, 7) is 0.417. The molecule has 7 heteroatoms. The quantitative estimate of drug-likeness (QED) is 0.727. The number of hydrogen-bond donors (Lipinski definition) is 1. The summed E-state index contributed by atoms with van der Waals surface area (Å²) in [6, 6.07) is 13.4. The lowest BCUT2D eigenvalue weighted by atomic mass is 10.2. The van der Waals surface area contributed by atoms with Crippen LogP contribution < -0.4 is 5.32 Å². The maximum Gasteiger partial charge on any atom is 0.250 e. The summed E-state index contributed by atoms with van der Waals surface area (Å²) < 4.78 is 19.1. The molecule has 0 bridgehead atoms. The van der Waals surface area contributed by atoms with Crippen LogP contribution in [0.5, 0.6) is 0 Å². The van der Waals surface area contributed by atoms with Crippen LogP contribution in [0.3, 0.4) is 0 Å². The Morgan fingerprint density at radius 3 is 2.64 bits per heavy atom. The van der Waals surface area contributed by atoms with E-state index in [9.17, 15) is 9.18 Å². The van der Waals surface area contributed by atoms with Crippen LogP contribution in [0.15, 0.2) is 52.9 Å². The van der Waals surface area contributed by atoms with Crippen molar-refractivity contribution in [1.29, 1.82) is 0 Å². The topological polar surface area (TPSA) is 68.0 Å². The number of aromatic nitrogens is 2. The van der Waals surface area contributed by atoms with Gasteiger partial charge in [0, 0.05) is 24.4 Å². The number of rotatable bonds is 6. The van der Waals surface area contributed by atoms with Crippen molar-refractivity contribution in [2.24, 2.45) is 0 Å². The van der Waals surface area contributed by atoms with Gasteiger partial charge in [-0.2, -0.15) is 0 Å². The third-order valence-corrected chi connectivity index (χ3v) is 3.79. The lowest BCUT2D eigenvalue weighted by Crippen LogP contribution is -2.23. The lowest BCUT2D eigenvalue weighted by molar-refractivity contribution is -0.121. The monoisotopic (exact) mass is 359 g/mol. The number of aryl methyl sites for hydroxylation is 1. The molecule has 2 aromatic carbocycles. The van der Waals surface area contributed by atoms with Gasteiger partial charge in [0.15, 0.2) is 0 Å². The fourth-order valence-corrected chi connectivity index (χ4v) is 2.34. The van der Waals surface area contributed by atoms with Crippen LogP contribution in [0.4, 0.5) is 4.39 Å². The Balaban J connectivity index is 1.51.